The molecule has 3 unspecified atom stereocenters. The first-order valence-electron chi connectivity index (χ1n) is 11.3. The molecule has 1 aromatic rings. The fraction of sp³-hybridized carbons (Fsp3) is 0.652. The molecule has 2 aliphatic rings. The third-order valence-electron chi connectivity index (χ3n) is 6.42. The zero-order chi connectivity index (χ0) is 23.5. The molecule has 7 nitrogen and oxygen atoms in total. The second kappa shape index (κ2) is 10.5. The number of sulfonamides is 1. The van der Waals surface area contributed by atoms with E-state index in [2.05, 4.69) is 20.8 Å². The number of carbonyl (C=O) groups excluding carboxylic acids is 2. The lowest BCUT2D eigenvalue weighted by Gasteiger charge is -2.36. The van der Waals surface area contributed by atoms with Crippen molar-refractivity contribution in [3.8, 4) is 0 Å². The van der Waals surface area contributed by atoms with Gasteiger partial charge in [0.2, 0.25) is 10.0 Å². The topological polar surface area (TPSA) is 90.0 Å². The van der Waals surface area contributed by atoms with Crippen molar-refractivity contribution in [1.82, 2.24) is 4.31 Å². The van der Waals surface area contributed by atoms with E-state index in [0.29, 0.717) is 30.8 Å². The second-order valence-electron chi connectivity index (χ2n) is 9.19. The summed E-state index contributed by atoms with van der Waals surface area (Å²) in [5.74, 6) is -0.223. The van der Waals surface area contributed by atoms with Gasteiger partial charge in [0.05, 0.1) is 10.6 Å². The lowest BCUT2D eigenvalue weighted by molar-refractivity contribution is -0.159. The minimum atomic E-state index is -3.79. The molecule has 0 aromatic heterocycles. The van der Waals surface area contributed by atoms with Crippen molar-refractivity contribution in [3.05, 3.63) is 28.8 Å². The molecule has 1 heterocycles. The van der Waals surface area contributed by atoms with Crippen LogP contribution >= 0.6 is 11.6 Å². The Hall–Kier alpha value is -1.64. The number of rotatable bonds is 7. The zero-order valence-corrected chi connectivity index (χ0v) is 20.5. The first-order chi connectivity index (χ1) is 15.1. The van der Waals surface area contributed by atoms with Gasteiger partial charge in [0.25, 0.3) is 0 Å². The molecule has 1 aromatic carbocycles. The van der Waals surface area contributed by atoms with Crippen LogP contribution in [-0.4, -0.2) is 50.5 Å². The van der Waals surface area contributed by atoms with Crippen molar-refractivity contribution >= 4 is 33.6 Å². The predicted molar refractivity (Wildman–Crippen MR) is 121 cm³/mol. The summed E-state index contributed by atoms with van der Waals surface area (Å²) < 4.78 is 37.8. The van der Waals surface area contributed by atoms with E-state index in [4.69, 9.17) is 21.1 Å². The second-order valence-corrected chi connectivity index (χ2v) is 11.5. The van der Waals surface area contributed by atoms with Gasteiger partial charge in [-0.1, -0.05) is 38.8 Å². The monoisotopic (exact) mass is 485 g/mol. The fourth-order valence-electron chi connectivity index (χ4n) is 4.56. The SMILES string of the molecule is CC1CCC(C(C)C)C(OC(=O)COC(=O)c2ccc(Cl)c(S(=O)(=O)N3CCCC3)c2)C1. The largest absolute Gasteiger partial charge is 0.460 e. The number of benzene rings is 1. The molecule has 1 saturated heterocycles. The van der Waals surface area contributed by atoms with E-state index in [1.807, 2.05) is 0 Å². The summed E-state index contributed by atoms with van der Waals surface area (Å²) in [4.78, 5) is 24.7. The highest BCUT2D eigenvalue weighted by Crippen LogP contribution is 2.35. The number of halogens is 1. The lowest BCUT2D eigenvalue weighted by atomic mass is 9.75. The quantitative estimate of drug-likeness (QED) is 0.535. The number of carbonyl (C=O) groups is 2. The zero-order valence-electron chi connectivity index (χ0n) is 18.9. The lowest BCUT2D eigenvalue weighted by Crippen LogP contribution is -2.36. The minimum Gasteiger partial charge on any atom is -0.460 e. The Bertz CT molecular complexity index is 942. The van der Waals surface area contributed by atoms with Crippen molar-refractivity contribution in [2.24, 2.45) is 17.8 Å². The Morgan fingerprint density at radius 1 is 1.19 bits per heavy atom. The normalized spacial score (nSPS) is 24.5. The highest BCUT2D eigenvalue weighted by atomic mass is 35.5. The summed E-state index contributed by atoms with van der Waals surface area (Å²) >= 11 is 6.12. The van der Waals surface area contributed by atoms with E-state index in [9.17, 15) is 18.0 Å². The van der Waals surface area contributed by atoms with Gasteiger partial charge < -0.3 is 9.47 Å². The van der Waals surface area contributed by atoms with Gasteiger partial charge in [0, 0.05) is 13.1 Å². The smallest absolute Gasteiger partial charge is 0.344 e. The molecule has 0 N–H and O–H groups in total. The van der Waals surface area contributed by atoms with Crippen molar-refractivity contribution in [1.29, 1.82) is 0 Å². The van der Waals surface area contributed by atoms with Crippen molar-refractivity contribution in [2.45, 2.75) is 63.9 Å². The fourth-order valence-corrected chi connectivity index (χ4v) is 6.57. The number of ether oxygens (including phenoxy) is 2. The molecule has 178 valence electrons. The molecule has 1 aliphatic carbocycles. The summed E-state index contributed by atoms with van der Waals surface area (Å²) in [6.07, 6.45) is 4.33. The van der Waals surface area contributed by atoms with Crippen LogP contribution in [0.2, 0.25) is 5.02 Å². The summed E-state index contributed by atoms with van der Waals surface area (Å²) in [5.41, 5.74) is 0.0197. The van der Waals surface area contributed by atoms with Gasteiger partial charge in [-0.3, -0.25) is 0 Å². The van der Waals surface area contributed by atoms with Crippen LogP contribution in [0.4, 0.5) is 0 Å². The Balaban J connectivity index is 1.63. The molecule has 3 rings (SSSR count). The van der Waals surface area contributed by atoms with E-state index in [-0.39, 0.29) is 21.6 Å². The molecule has 0 spiro atoms. The van der Waals surface area contributed by atoms with Gasteiger partial charge in [0.15, 0.2) is 6.61 Å². The Morgan fingerprint density at radius 3 is 2.53 bits per heavy atom. The summed E-state index contributed by atoms with van der Waals surface area (Å²) in [5, 5.41) is 0.0407. The van der Waals surface area contributed by atoms with Crippen LogP contribution in [0.25, 0.3) is 0 Å². The average molecular weight is 486 g/mol. The molecule has 9 heteroatoms. The Kier molecular flexibility index (Phi) is 8.22. The number of esters is 2. The predicted octanol–water partition coefficient (Wildman–Crippen LogP) is 4.29. The average Bonchev–Trinajstić information content (AvgIpc) is 3.28. The van der Waals surface area contributed by atoms with Crippen LogP contribution in [-0.2, 0) is 24.3 Å². The molecule has 0 radical (unpaired) electrons. The van der Waals surface area contributed by atoms with Gasteiger partial charge >= 0.3 is 11.9 Å². The van der Waals surface area contributed by atoms with Crippen LogP contribution in [0, 0.1) is 17.8 Å². The number of hydrogen-bond acceptors (Lipinski definition) is 6. The van der Waals surface area contributed by atoms with E-state index in [1.165, 1.54) is 22.5 Å². The molecule has 0 bridgehead atoms. The highest BCUT2D eigenvalue weighted by molar-refractivity contribution is 7.89. The van der Waals surface area contributed by atoms with Crippen LogP contribution in [0.1, 0.15) is 63.2 Å². The van der Waals surface area contributed by atoms with E-state index in [1.54, 1.807) is 0 Å². The molecule has 3 atom stereocenters. The van der Waals surface area contributed by atoms with E-state index >= 15 is 0 Å². The first-order valence-corrected chi connectivity index (χ1v) is 13.1. The maximum absolute atomic E-state index is 12.8. The van der Waals surface area contributed by atoms with Crippen LogP contribution < -0.4 is 0 Å². The van der Waals surface area contributed by atoms with Crippen molar-refractivity contribution < 1.29 is 27.5 Å². The first kappa shape index (κ1) is 25.0. The van der Waals surface area contributed by atoms with Crippen molar-refractivity contribution in [3.63, 3.8) is 0 Å². The summed E-state index contributed by atoms with van der Waals surface area (Å²) in [7, 11) is -3.79. The number of hydrogen-bond donors (Lipinski definition) is 0. The standard InChI is InChI=1S/C23H32ClNO6S/c1-15(2)18-8-6-16(3)12-20(18)31-22(26)14-30-23(27)17-7-9-19(24)21(13-17)32(28,29)25-10-4-5-11-25/h7,9,13,15-16,18,20H,4-6,8,10-12,14H2,1-3H3. The van der Waals surface area contributed by atoms with Crippen molar-refractivity contribution in [2.75, 3.05) is 19.7 Å². The molecule has 1 aliphatic heterocycles. The van der Waals surface area contributed by atoms with Gasteiger partial charge in [-0.05, 0) is 61.6 Å². The Morgan fingerprint density at radius 2 is 1.88 bits per heavy atom. The van der Waals surface area contributed by atoms with Gasteiger partial charge in [-0.2, -0.15) is 4.31 Å². The summed E-state index contributed by atoms with van der Waals surface area (Å²) in [6.45, 7) is 6.72. The van der Waals surface area contributed by atoms with Gasteiger partial charge in [-0.15, -0.1) is 0 Å². The minimum absolute atomic E-state index is 0.0197. The molecule has 0 amide bonds. The van der Waals surface area contributed by atoms with Crippen LogP contribution in [0.3, 0.4) is 0 Å². The van der Waals surface area contributed by atoms with Gasteiger partial charge in [-0.25, -0.2) is 18.0 Å². The maximum Gasteiger partial charge on any atom is 0.344 e. The van der Waals surface area contributed by atoms with Crippen LogP contribution in [0.15, 0.2) is 23.1 Å². The number of nitrogens with zero attached hydrogens (tertiary/aromatic N) is 1. The maximum atomic E-state index is 12.8. The van der Waals surface area contributed by atoms with E-state index in [0.717, 1.165) is 32.1 Å². The third-order valence-corrected chi connectivity index (χ3v) is 8.80. The molecule has 32 heavy (non-hydrogen) atoms. The molecule has 2 fully saturated rings. The highest BCUT2D eigenvalue weighted by Gasteiger charge is 2.34. The molecule has 1 saturated carbocycles. The summed E-state index contributed by atoms with van der Waals surface area (Å²) in [6, 6.07) is 3.95. The van der Waals surface area contributed by atoms with E-state index < -0.39 is 28.6 Å². The Labute approximate surface area is 195 Å². The molecular weight excluding hydrogens is 454 g/mol. The molecular formula is C23H32ClNO6S. The third kappa shape index (κ3) is 5.83. The van der Waals surface area contributed by atoms with Gasteiger partial charge in [0.1, 0.15) is 11.0 Å². The van der Waals surface area contributed by atoms with Crippen LogP contribution in [0.5, 0.6) is 0 Å².